The number of aromatic nitrogens is 4. The number of carbonyl (C=O) groups is 2. The predicted molar refractivity (Wildman–Crippen MR) is 173 cm³/mol. The van der Waals surface area contributed by atoms with Gasteiger partial charge < -0.3 is 24.5 Å². The second-order valence-corrected chi connectivity index (χ2v) is 11.8. The minimum atomic E-state index is -1.00. The van der Waals surface area contributed by atoms with Crippen LogP contribution in [0.15, 0.2) is 18.2 Å². The zero-order valence-electron chi connectivity index (χ0n) is 26.7. The Kier molecular flexibility index (Phi) is 9.06. The number of ether oxygens (including phenoxy) is 2. The third-order valence-electron chi connectivity index (χ3n) is 9.19. The third kappa shape index (κ3) is 5.56. The Labute approximate surface area is 257 Å². The van der Waals surface area contributed by atoms with Crippen molar-refractivity contribution < 1.29 is 24.2 Å². The largest absolute Gasteiger partial charge is 0.478 e. The predicted octanol–water partition coefficient (Wildman–Crippen LogP) is 7.66. The number of nitrogens with zero attached hydrogens (tertiary/aromatic N) is 2. The number of carboxylic acids is 1. The monoisotopic (exact) mass is 598 g/mol. The highest BCUT2D eigenvalue weighted by atomic mass is 16.5. The second kappa shape index (κ2) is 12.8. The number of rotatable bonds is 10. The molecule has 5 rings (SSSR count). The van der Waals surface area contributed by atoms with Crippen LogP contribution in [0.5, 0.6) is 0 Å². The number of nitrogens with one attached hydrogen (secondary N) is 2. The molecule has 8 bridgehead atoms. The minimum Gasteiger partial charge on any atom is -0.478 e. The van der Waals surface area contributed by atoms with Gasteiger partial charge in [0, 0.05) is 51.9 Å². The Morgan fingerprint density at radius 3 is 2.36 bits per heavy atom. The molecule has 0 aromatic carbocycles. The molecule has 3 N–H and O–H groups in total. The van der Waals surface area contributed by atoms with E-state index in [1.165, 1.54) is 0 Å². The zero-order chi connectivity index (χ0) is 31.7. The lowest BCUT2D eigenvalue weighted by atomic mass is 9.87. The summed E-state index contributed by atoms with van der Waals surface area (Å²) in [5.41, 5.74) is 12.5. The molecule has 0 saturated heterocycles. The summed E-state index contributed by atoms with van der Waals surface area (Å²) < 4.78 is 11.1. The minimum absolute atomic E-state index is 0.00408. The molecule has 0 spiro atoms. The molecule has 232 valence electrons. The molecule has 2 aliphatic heterocycles. The van der Waals surface area contributed by atoms with Gasteiger partial charge in [0.15, 0.2) is 0 Å². The fourth-order valence-corrected chi connectivity index (χ4v) is 6.56. The van der Waals surface area contributed by atoms with E-state index in [2.05, 4.69) is 56.7 Å². The molecule has 0 radical (unpaired) electrons. The van der Waals surface area contributed by atoms with Crippen molar-refractivity contribution >= 4 is 45.7 Å². The first kappa shape index (κ1) is 31.2. The van der Waals surface area contributed by atoms with Crippen LogP contribution in [0.4, 0.5) is 0 Å². The van der Waals surface area contributed by atoms with Crippen molar-refractivity contribution in [3.8, 4) is 0 Å². The quantitative estimate of drug-likeness (QED) is 0.161. The maximum absolute atomic E-state index is 12.6. The first-order valence-corrected chi connectivity index (χ1v) is 15.4. The van der Waals surface area contributed by atoms with E-state index < -0.39 is 5.97 Å². The van der Waals surface area contributed by atoms with Crippen molar-refractivity contribution in [2.24, 2.45) is 0 Å². The molecule has 0 saturated carbocycles. The molecule has 44 heavy (non-hydrogen) atoms. The molecule has 3 aromatic rings. The highest BCUT2D eigenvalue weighted by Gasteiger charge is 2.31. The standard InChI is InChI=1S/C35H42N4O5/c1-8-11-43-16-25-20(5)26-13-28-19(4)24(10-12-44-17-40)33(38-28)22(7)34-32(35(41)42)21(6)29(39-34)15-30-23(9-2)18(3)27(36-30)14-31(25)37-26/h13-15,17,19,24,37,39H,8-12,16H2,1-7H3,(H,41,42)/t19-,24-/m0/s1. The van der Waals surface area contributed by atoms with E-state index in [0.717, 1.165) is 74.5 Å². The van der Waals surface area contributed by atoms with E-state index in [1.54, 1.807) is 0 Å². The lowest BCUT2D eigenvalue weighted by Gasteiger charge is -2.16. The van der Waals surface area contributed by atoms with Crippen molar-refractivity contribution in [1.29, 1.82) is 0 Å². The molecule has 2 aliphatic rings. The molecule has 9 heteroatoms. The fourth-order valence-electron chi connectivity index (χ4n) is 6.56. The number of aromatic carboxylic acids is 1. The van der Waals surface area contributed by atoms with Gasteiger partial charge in [0.05, 0.1) is 35.7 Å². The lowest BCUT2D eigenvalue weighted by Crippen LogP contribution is -2.08. The summed E-state index contributed by atoms with van der Waals surface area (Å²) in [6.07, 6.45) is 2.28. The Morgan fingerprint density at radius 1 is 0.955 bits per heavy atom. The van der Waals surface area contributed by atoms with Crippen LogP contribution in [-0.4, -0.2) is 50.7 Å². The van der Waals surface area contributed by atoms with Crippen LogP contribution in [-0.2, 0) is 20.9 Å². The first-order chi connectivity index (χ1) is 21.1. The van der Waals surface area contributed by atoms with Crippen LogP contribution in [0.3, 0.4) is 0 Å². The Morgan fingerprint density at radius 2 is 1.68 bits per heavy atom. The van der Waals surface area contributed by atoms with E-state index in [0.29, 0.717) is 42.7 Å². The van der Waals surface area contributed by atoms with Crippen LogP contribution in [0.25, 0.3) is 33.2 Å². The molecular formula is C35H42N4O5. The summed E-state index contributed by atoms with van der Waals surface area (Å²) in [5.74, 6) is -1.07. The average molecular weight is 599 g/mol. The molecule has 0 amide bonds. The Hall–Kier alpha value is -4.24. The van der Waals surface area contributed by atoms with E-state index in [9.17, 15) is 14.7 Å². The third-order valence-corrected chi connectivity index (χ3v) is 9.19. The van der Waals surface area contributed by atoms with Gasteiger partial charge >= 0.3 is 5.97 Å². The molecule has 0 fully saturated rings. The molecule has 9 nitrogen and oxygen atoms in total. The van der Waals surface area contributed by atoms with Gasteiger partial charge in [-0.3, -0.25) is 9.78 Å². The smallest absolute Gasteiger partial charge is 0.338 e. The molecule has 3 aromatic heterocycles. The van der Waals surface area contributed by atoms with Crippen LogP contribution >= 0.6 is 0 Å². The van der Waals surface area contributed by atoms with Gasteiger partial charge in [-0.05, 0) is 93.0 Å². The van der Waals surface area contributed by atoms with Gasteiger partial charge in [-0.15, -0.1) is 0 Å². The van der Waals surface area contributed by atoms with Crippen molar-refractivity contribution in [3.63, 3.8) is 0 Å². The fraction of sp³-hybridized carbons (Fsp3) is 0.429. The number of hydrogen-bond donors (Lipinski definition) is 3. The number of fused-ring (bicyclic) bond motifs is 8. The molecule has 5 heterocycles. The van der Waals surface area contributed by atoms with Crippen molar-refractivity contribution in [1.82, 2.24) is 19.9 Å². The van der Waals surface area contributed by atoms with Crippen molar-refractivity contribution in [2.75, 3.05) is 13.2 Å². The second-order valence-electron chi connectivity index (χ2n) is 11.8. The molecule has 0 unspecified atom stereocenters. The lowest BCUT2D eigenvalue weighted by molar-refractivity contribution is -0.128. The van der Waals surface area contributed by atoms with E-state index in [1.807, 2.05) is 19.9 Å². The number of H-pyrrole nitrogens is 2. The van der Waals surface area contributed by atoms with Gasteiger partial charge in [0.25, 0.3) is 6.47 Å². The van der Waals surface area contributed by atoms with Crippen LogP contribution in [0.2, 0.25) is 0 Å². The van der Waals surface area contributed by atoms with E-state index in [-0.39, 0.29) is 24.0 Å². The topological polar surface area (TPSA) is 130 Å². The molecular weight excluding hydrogens is 556 g/mol. The van der Waals surface area contributed by atoms with Crippen LogP contribution in [0.1, 0.15) is 114 Å². The summed E-state index contributed by atoms with van der Waals surface area (Å²) >= 11 is 0. The van der Waals surface area contributed by atoms with Crippen LogP contribution < -0.4 is 0 Å². The van der Waals surface area contributed by atoms with E-state index >= 15 is 0 Å². The summed E-state index contributed by atoms with van der Waals surface area (Å²) in [6, 6.07) is 6.15. The summed E-state index contributed by atoms with van der Waals surface area (Å²) in [7, 11) is 0. The van der Waals surface area contributed by atoms with Gasteiger partial charge in [-0.2, -0.15) is 0 Å². The Balaban J connectivity index is 1.93. The highest BCUT2D eigenvalue weighted by molar-refractivity contribution is 6.02. The normalized spacial score (nSPS) is 16.4. The summed E-state index contributed by atoms with van der Waals surface area (Å²) in [5, 5.41) is 10.3. The number of carboxylic acid groups (broad SMARTS) is 1. The summed E-state index contributed by atoms with van der Waals surface area (Å²) in [4.78, 5) is 40.9. The Bertz CT molecular complexity index is 1810. The highest BCUT2D eigenvalue weighted by Crippen LogP contribution is 2.42. The van der Waals surface area contributed by atoms with Gasteiger partial charge in [-0.1, -0.05) is 20.8 Å². The van der Waals surface area contributed by atoms with E-state index in [4.69, 9.17) is 19.4 Å². The van der Waals surface area contributed by atoms with Gasteiger partial charge in [0.1, 0.15) is 0 Å². The molecule has 2 atom stereocenters. The SMILES string of the molecule is CCCOCc1c(C)c2cc3nc(c(C)c4[nH]c(cc5nc(cc1[nH]2)C(C)=C5CC)c(C)c4C(=O)O)[C@@H](CCOC=O)[C@@H]3C. The number of aryl methyl sites for hydroxylation is 3. The van der Waals surface area contributed by atoms with Crippen molar-refractivity contribution in [2.45, 2.75) is 86.2 Å². The number of hydrogen-bond acceptors (Lipinski definition) is 6. The van der Waals surface area contributed by atoms with Gasteiger partial charge in [-0.25, -0.2) is 9.78 Å². The maximum Gasteiger partial charge on any atom is 0.338 e. The van der Waals surface area contributed by atoms with Crippen LogP contribution in [0, 0.1) is 20.8 Å². The molecule has 0 aliphatic carbocycles. The van der Waals surface area contributed by atoms with Gasteiger partial charge in [0.2, 0.25) is 0 Å². The number of aromatic amines is 2. The maximum atomic E-state index is 12.6. The zero-order valence-corrected chi connectivity index (χ0v) is 26.7. The van der Waals surface area contributed by atoms with Crippen molar-refractivity contribution in [3.05, 3.63) is 68.8 Å². The average Bonchev–Trinajstić information content (AvgIpc) is 3.67. The number of carbonyl (C=O) groups excluding carboxylic acids is 1. The number of allylic oxidation sites excluding steroid dienone is 2. The first-order valence-electron chi connectivity index (χ1n) is 15.4. The summed E-state index contributed by atoms with van der Waals surface area (Å²) in [6.45, 7) is 16.1.